The molecule has 0 saturated carbocycles. The first kappa shape index (κ1) is 15.8. The van der Waals surface area contributed by atoms with Crippen LogP contribution in [0.5, 0.6) is 11.5 Å². The summed E-state index contributed by atoms with van der Waals surface area (Å²) in [6.07, 6.45) is 0.257. The normalized spacial score (nSPS) is 10.1. The lowest BCUT2D eigenvalue weighted by molar-refractivity contribution is -0.121. The lowest BCUT2D eigenvalue weighted by Gasteiger charge is -2.08. The zero-order chi connectivity index (χ0) is 15.8. The number of rotatable bonds is 7. The first-order valence-electron chi connectivity index (χ1n) is 6.95. The molecule has 2 aromatic carbocycles. The van der Waals surface area contributed by atoms with Gasteiger partial charge in [0.2, 0.25) is 5.91 Å². The molecule has 0 bridgehead atoms. The number of ether oxygens (including phenoxy) is 2. The highest BCUT2D eigenvalue weighted by molar-refractivity contribution is 5.75. The van der Waals surface area contributed by atoms with Crippen molar-refractivity contribution < 1.29 is 18.7 Å². The van der Waals surface area contributed by atoms with Gasteiger partial charge in [0.25, 0.3) is 0 Å². The van der Waals surface area contributed by atoms with Crippen LogP contribution in [0.3, 0.4) is 0 Å². The summed E-state index contributed by atoms with van der Waals surface area (Å²) in [6, 6.07) is 13.2. The molecular weight excluding hydrogens is 285 g/mol. The summed E-state index contributed by atoms with van der Waals surface area (Å²) in [6.45, 7) is 0.670. The average molecular weight is 303 g/mol. The number of hydrogen-bond donors (Lipinski definition) is 1. The van der Waals surface area contributed by atoms with Crippen molar-refractivity contribution in [2.45, 2.75) is 13.0 Å². The Morgan fingerprint density at radius 3 is 2.32 bits per heavy atom. The van der Waals surface area contributed by atoms with Gasteiger partial charge in [0.1, 0.15) is 17.3 Å². The Morgan fingerprint density at radius 1 is 1.05 bits per heavy atom. The number of carbonyl (C=O) groups excluding carboxylic acids is 1. The minimum absolute atomic E-state index is 0.113. The summed E-state index contributed by atoms with van der Waals surface area (Å²) in [4.78, 5) is 11.7. The molecule has 2 aromatic rings. The van der Waals surface area contributed by atoms with Gasteiger partial charge < -0.3 is 14.8 Å². The van der Waals surface area contributed by atoms with Crippen LogP contribution in [0.25, 0.3) is 0 Å². The maximum atomic E-state index is 12.7. The van der Waals surface area contributed by atoms with Gasteiger partial charge in [0.15, 0.2) is 0 Å². The molecule has 0 unspecified atom stereocenters. The van der Waals surface area contributed by atoms with Crippen LogP contribution in [-0.4, -0.2) is 19.6 Å². The fourth-order valence-electron chi connectivity index (χ4n) is 1.82. The Balaban J connectivity index is 1.67. The molecule has 0 heterocycles. The van der Waals surface area contributed by atoms with Crippen molar-refractivity contribution in [2.24, 2.45) is 0 Å². The lowest BCUT2D eigenvalue weighted by atomic mass is 10.2. The molecule has 1 N–H and O–H groups in total. The standard InChI is InChI=1S/C17H18FNO3/c1-21-15-6-8-16(9-7-15)22-11-10-17(20)19-12-13-2-4-14(18)5-3-13/h2-9H,10-12H2,1H3,(H,19,20). The van der Waals surface area contributed by atoms with E-state index in [1.165, 1.54) is 12.1 Å². The highest BCUT2D eigenvalue weighted by atomic mass is 19.1. The monoisotopic (exact) mass is 303 g/mol. The molecule has 0 aliphatic rings. The van der Waals surface area contributed by atoms with E-state index in [9.17, 15) is 9.18 Å². The fourth-order valence-corrected chi connectivity index (χ4v) is 1.82. The molecule has 0 aliphatic carbocycles. The molecule has 2 rings (SSSR count). The van der Waals surface area contributed by atoms with Crippen molar-refractivity contribution in [3.63, 3.8) is 0 Å². The third-order valence-electron chi connectivity index (χ3n) is 3.06. The number of hydrogen-bond acceptors (Lipinski definition) is 3. The van der Waals surface area contributed by atoms with Crippen LogP contribution >= 0.6 is 0 Å². The van der Waals surface area contributed by atoms with Crippen molar-refractivity contribution in [2.75, 3.05) is 13.7 Å². The summed E-state index contributed by atoms with van der Waals surface area (Å²) in [5, 5.41) is 2.76. The number of amides is 1. The second kappa shape index (κ2) is 8.02. The average Bonchev–Trinajstić information content (AvgIpc) is 2.55. The van der Waals surface area contributed by atoms with Crippen LogP contribution in [0.4, 0.5) is 4.39 Å². The Labute approximate surface area is 128 Å². The van der Waals surface area contributed by atoms with Gasteiger partial charge in [-0.2, -0.15) is 0 Å². The molecule has 22 heavy (non-hydrogen) atoms. The van der Waals surface area contributed by atoms with Gasteiger partial charge in [-0.1, -0.05) is 12.1 Å². The molecule has 0 aliphatic heterocycles. The maximum absolute atomic E-state index is 12.7. The Morgan fingerprint density at radius 2 is 1.68 bits per heavy atom. The number of carbonyl (C=O) groups is 1. The summed E-state index contributed by atoms with van der Waals surface area (Å²) < 4.78 is 23.3. The molecule has 5 heteroatoms. The van der Waals surface area contributed by atoms with Gasteiger partial charge in [-0.3, -0.25) is 4.79 Å². The van der Waals surface area contributed by atoms with E-state index in [1.54, 1.807) is 43.5 Å². The molecule has 1 amide bonds. The molecule has 0 fully saturated rings. The SMILES string of the molecule is COc1ccc(OCCC(=O)NCc2ccc(F)cc2)cc1. The van der Waals surface area contributed by atoms with Crippen molar-refractivity contribution >= 4 is 5.91 Å². The summed E-state index contributed by atoms with van der Waals surface area (Å²) in [5.74, 6) is 1.04. The Hall–Kier alpha value is -2.56. The summed E-state index contributed by atoms with van der Waals surface area (Å²) >= 11 is 0. The molecule has 0 spiro atoms. The first-order valence-corrected chi connectivity index (χ1v) is 6.95. The van der Waals surface area contributed by atoms with E-state index in [2.05, 4.69) is 5.32 Å². The molecule has 0 saturated heterocycles. The quantitative estimate of drug-likeness (QED) is 0.855. The minimum atomic E-state index is -0.289. The van der Waals surface area contributed by atoms with E-state index in [-0.39, 0.29) is 18.1 Å². The molecule has 4 nitrogen and oxygen atoms in total. The van der Waals surface area contributed by atoms with Crippen LogP contribution in [-0.2, 0) is 11.3 Å². The van der Waals surface area contributed by atoms with E-state index in [1.807, 2.05) is 0 Å². The van der Waals surface area contributed by atoms with Crippen molar-refractivity contribution in [3.05, 3.63) is 59.9 Å². The molecular formula is C17H18FNO3. The van der Waals surface area contributed by atoms with E-state index >= 15 is 0 Å². The number of benzene rings is 2. The Kier molecular flexibility index (Phi) is 5.77. The first-order chi connectivity index (χ1) is 10.7. The Bertz CT molecular complexity index is 596. The third-order valence-corrected chi connectivity index (χ3v) is 3.06. The summed E-state index contributed by atoms with van der Waals surface area (Å²) in [7, 11) is 1.60. The van der Waals surface area contributed by atoms with Crippen LogP contribution in [0.15, 0.2) is 48.5 Å². The van der Waals surface area contributed by atoms with E-state index in [0.29, 0.717) is 18.9 Å². The van der Waals surface area contributed by atoms with E-state index in [4.69, 9.17) is 9.47 Å². The van der Waals surface area contributed by atoms with Gasteiger partial charge >= 0.3 is 0 Å². The number of halogens is 1. The van der Waals surface area contributed by atoms with Gasteiger partial charge in [0, 0.05) is 6.54 Å². The van der Waals surface area contributed by atoms with Crippen LogP contribution in [0.1, 0.15) is 12.0 Å². The van der Waals surface area contributed by atoms with Crippen molar-refractivity contribution in [3.8, 4) is 11.5 Å². The van der Waals surface area contributed by atoms with E-state index in [0.717, 1.165) is 11.3 Å². The van der Waals surface area contributed by atoms with E-state index < -0.39 is 0 Å². The maximum Gasteiger partial charge on any atom is 0.223 e. The highest BCUT2D eigenvalue weighted by Gasteiger charge is 2.03. The van der Waals surface area contributed by atoms with Crippen LogP contribution < -0.4 is 14.8 Å². The van der Waals surface area contributed by atoms with Crippen LogP contribution in [0, 0.1) is 5.82 Å². The molecule has 0 atom stereocenters. The van der Waals surface area contributed by atoms with Gasteiger partial charge in [-0.25, -0.2) is 4.39 Å². The zero-order valence-electron chi connectivity index (χ0n) is 12.3. The van der Waals surface area contributed by atoms with Gasteiger partial charge in [0.05, 0.1) is 20.1 Å². The number of nitrogens with one attached hydrogen (secondary N) is 1. The predicted molar refractivity (Wildman–Crippen MR) is 81.4 cm³/mol. The van der Waals surface area contributed by atoms with Crippen molar-refractivity contribution in [1.82, 2.24) is 5.32 Å². The lowest BCUT2D eigenvalue weighted by Crippen LogP contribution is -2.24. The number of methoxy groups -OCH3 is 1. The second-order valence-corrected chi connectivity index (χ2v) is 4.68. The highest BCUT2D eigenvalue weighted by Crippen LogP contribution is 2.16. The van der Waals surface area contributed by atoms with Crippen LogP contribution in [0.2, 0.25) is 0 Å². The second-order valence-electron chi connectivity index (χ2n) is 4.68. The topological polar surface area (TPSA) is 47.6 Å². The zero-order valence-corrected chi connectivity index (χ0v) is 12.3. The fraction of sp³-hybridized carbons (Fsp3) is 0.235. The minimum Gasteiger partial charge on any atom is -0.497 e. The predicted octanol–water partition coefficient (Wildman–Crippen LogP) is 2.92. The molecule has 0 aromatic heterocycles. The largest absolute Gasteiger partial charge is 0.497 e. The van der Waals surface area contributed by atoms with Crippen molar-refractivity contribution in [1.29, 1.82) is 0 Å². The van der Waals surface area contributed by atoms with Gasteiger partial charge in [-0.05, 0) is 42.0 Å². The molecule has 116 valence electrons. The third kappa shape index (κ3) is 5.09. The van der Waals surface area contributed by atoms with Gasteiger partial charge in [-0.15, -0.1) is 0 Å². The smallest absolute Gasteiger partial charge is 0.223 e. The summed E-state index contributed by atoms with van der Waals surface area (Å²) in [5.41, 5.74) is 0.853. The molecule has 0 radical (unpaired) electrons.